The summed E-state index contributed by atoms with van der Waals surface area (Å²) in [4.78, 5) is 3.24. The molecule has 8 heteroatoms. The molecule has 0 spiro atoms. The van der Waals surface area contributed by atoms with Crippen molar-refractivity contribution in [2.45, 2.75) is 18.2 Å². The second-order valence-electron chi connectivity index (χ2n) is 3.07. The van der Waals surface area contributed by atoms with Crippen LogP contribution in [0.4, 0.5) is 13.2 Å². The van der Waals surface area contributed by atoms with Gasteiger partial charge in [0.05, 0.1) is 16.8 Å². The van der Waals surface area contributed by atoms with Crippen LogP contribution in [0.2, 0.25) is 0 Å². The van der Waals surface area contributed by atoms with E-state index in [2.05, 4.69) is 9.72 Å². The average molecular weight is 255 g/mol. The van der Waals surface area contributed by atoms with Crippen LogP contribution >= 0.6 is 0 Å². The summed E-state index contributed by atoms with van der Waals surface area (Å²) >= 11 is 0. The van der Waals surface area contributed by atoms with Gasteiger partial charge in [-0.25, -0.2) is 8.42 Å². The van der Waals surface area contributed by atoms with Crippen molar-refractivity contribution in [1.29, 1.82) is 0 Å². The Morgan fingerprint density at radius 2 is 1.94 bits per heavy atom. The van der Waals surface area contributed by atoms with Gasteiger partial charge in [-0.1, -0.05) is 0 Å². The molecule has 1 heterocycles. The summed E-state index contributed by atoms with van der Waals surface area (Å²) < 4.78 is 61.6. The number of alkyl halides is 3. The van der Waals surface area contributed by atoms with Gasteiger partial charge < -0.3 is 4.74 Å². The number of hydrogen-bond acceptors (Lipinski definition) is 4. The predicted octanol–water partition coefficient (Wildman–Crippen LogP) is 1.69. The molecule has 0 saturated heterocycles. The van der Waals surface area contributed by atoms with Gasteiger partial charge in [-0.15, -0.1) is 13.2 Å². The summed E-state index contributed by atoms with van der Waals surface area (Å²) in [6.45, 7) is 1.38. The van der Waals surface area contributed by atoms with E-state index in [1.165, 1.54) is 6.92 Å². The first kappa shape index (κ1) is 12.8. The molecule has 0 aliphatic carbocycles. The highest BCUT2D eigenvalue weighted by molar-refractivity contribution is 7.90. The summed E-state index contributed by atoms with van der Waals surface area (Å²) in [5.74, 6) is -0.654. The lowest BCUT2D eigenvalue weighted by atomic mass is 10.4. The van der Waals surface area contributed by atoms with E-state index in [1.54, 1.807) is 0 Å². The molecule has 0 radical (unpaired) electrons. The molecular weight excluding hydrogens is 247 g/mol. The number of aryl methyl sites for hydroxylation is 1. The van der Waals surface area contributed by atoms with E-state index >= 15 is 0 Å². The van der Waals surface area contributed by atoms with E-state index < -0.39 is 21.9 Å². The minimum atomic E-state index is -4.87. The number of sulfone groups is 1. The van der Waals surface area contributed by atoms with Gasteiger partial charge in [0.2, 0.25) is 0 Å². The van der Waals surface area contributed by atoms with Crippen LogP contribution in [0.5, 0.6) is 5.75 Å². The number of pyridine rings is 1. The Balaban J connectivity index is 3.19. The molecule has 0 aliphatic heterocycles. The van der Waals surface area contributed by atoms with Crippen molar-refractivity contribution in [2.75, 3.05) is 6.26 Å². The van der Waals surface area contributed by atoms with Gasteiger partial charge in [-0.05, 0) is 6.92 Å². The van der Waals surface area contributed by atoms with Gasteiger partial charge in [-0.3, -0.25) is 4.98 Å². The summed E-state index contributed by atoms with van der Waals surface area (Å²) in [6.07, 6.45) is -3.17. The van der Waals surface area contributed by atoms with Crippen molar-refractivity contribution in [1.82, 2.24) is 4.98 Å². The quantitative estimate of drug-likeness (QED) is 0.807. The summed E-state index contributed by atoms with van der Waals surface area (Å²) in [5.41, 5.74) is 0.122. The van der Waals surface area contributed by atoms with Crippen molar-refractivity contribution in [3.63, 3.8) is 0 Å². The van der Waals surface area contributed by atoms with Gasteiger partial charge in [0.15, 0.2) is 9.84 Å². The van der Waals surface area contributed by atoms with Crippen LogP contribution in [-0.4, -0.2) is 26.0 Å². The molecular formula is C8H8F3NO3S. The Morgan fingerprint density at radius 1 is 1.38 bits per heavy atom. The molecule has 0 fully saturated rings. The molecule has 0 saturated carbocycles. The average Bonchev–Trinajstić information content (AvgIpc) is 2.04. The largest absolute Gasteiger partial charge is 0.573 e. The fourth-order valence-corrected chi connectivity index (χ4v) is 1.98. The van der Waals surface area contributed by atoms with Gasteiger partial charge in [0.25, 0.3) is 0 Å². The van der Waals surface area contributed by atoms with Crippen LogP contribution < -0.4 is 4.74 Å². The van der Waals surface area contributed by atoms with Gasteiger partial charge in [0, 0.05) is 12.3 Å². The van der Waals surface area contributed by atoms with Crippen molar-refractivity contribution < 1.29 is 26.3 Å². The molecule has 1 aromatic rings. The van der Waals surface area contributed by atoms with Gasteiger partial charge in [0.1, 0.15) is 5.75 Å². The highest BCUT2D eigenvalue weighted by Gasteiger charge is 2.31. The Morgan fingerprint density at radius 3 is 2.38 bits per heavy atom. The van der Waals surface area contributed by atoms with Gasteiger partial charge >= 0.3 is 6.36 Å². The topological polar surface area (TPSA) is 56.3 Å². The van der Waals surface area contributed by atoms with Crippen LogP contribution in [-0.2, 0) is 9.84 Å². The second-order valence-corrected chi connectivity index (χ2v) is 5.06. The third kappa shape index (κ3) is 3.37. The van der Waals surface area contributed by atoms with E-state index in [0.29, 0.717) is 0 Å². The number of ether oxygens (including phenoxy) is 1. The Hall–Kier alpha value is -1.31. The fourth-order valence-electron chi connectivity index (χ4n) is 1.06. The molecule has 1 rings (SSSR count). The predicted molar refractivity (Wildman–Crippen MR) is 48.8 cm³/mol. The molecule has 16 heavy (non-hydrogen) atoms. The van der Waals surface area contributed by atoms with E-state index in [-0.39, 0.29) is 10.6 Å². The highest BCUT2D eigenvalue weighted by atomic mass is 32.2. The lowest BCUT2D eigenvalue weighted by Gasteiger charge is -2.10. The number of nitrogens with zero attached hydrogens (tertiary/aromatic N) is 1. The zero-order chi connectivity index (χ0) is 12.6. The molecule has 0 atom stereocenters. The molecule has 0 amide bonds. The smallest absolute Gasteiger partial charge is 0.404 e. The Labute approximate surface area is 90.0 Å². The summed E-state index contributed by atoms with van der Waals surface area (Å²) in [5, 5.41) is 0. The lowest BCUT2D eigenvalue weighted by molar-refractivity contribution is -0.274. The normalized spacial score (nSPS) is 12.6. The maximum absolute atomic E-state index is 11.9. The highest BCUT2D eigenvalue weighted by Crippen LogP contribution is 2.25. The zero-order valence-electron chi connectivity index (χ0n) is 8.37. The third-order valence-electron chi connectivity index (χ3n) is 1.65. The van der Waals surface area contributed by atoms with Gasteiger partial charge in [-0.2, -0.15) is 0 Å². The fraction of sp³-hybridized carbons (Fsp3) is 0.375. The maximum atomic E-state index is 11.9. The van der Waals surface area contributed by atoms with Crippen molar-refractivity contribution in [3.05, 3.63) is 18.0 Å². The summed E-state index contributed by atoms with van der Waals surface area (Å²) in [6, 6.07) is 0.797. The molecule has 0 aliphatic rings. The first-order chi connectivity index (χ1) is 7.09. The standard InChI is InChI=1S/C8H8F3NO3S/c1-5-7(16(2,13)14)3-6(4-12-5)15-8(9,10)11/h3-4H,1-2H3. The van der Waals surface area contributed by atoms with Crippen molar-refractivity contribution in [3.8, 4) is 5.75 Å². The molecule has 0 bridgehead atoms. The lowest BCUT2D eigenvalue weighted by Crippen LogP contribution is -2.17. The van der Waals surface area contributed by atoms with Crippen LogP contribution in [0.1, 0.15) is 5.69 Å². The molecule has 0 N–H and O–H groups in total. The van der Waals surface area contributed by atoms with E-state index in [9.17, 15) is 21.6 Å². The second kappa shape index (κ2) is 3.93. The van der Waals surface area contributed by atoms with Crippen LogP contribution in [0.3, 0.4) is 0 Å². The Kier molecular flexibility index (Phi) is 3.13. The number of hydrogen-bond donors (Lipinski definition) is 0. The molecule has 4 nitrogen and oxygen atoms in total. The van der Waals surface area contributed by atoms with E-state index in [0.717, 1.165) is 18.5 Å². The van der Waals surface area contributed by atoms with Crippen molar-refractivity contribution >= 4 is 9.84 Å². The maximum Gasteiger partial charge on any atom is 0.573 e. The molecule has 90 valence electrons. The van der Waals surface area contributed by atoms with E-state index in [4.69, 9.17) is 0 Å². The SMILES string of the molecule is Cc1ncc(OC(F)(F)F)cc1S(C)(=O)=O. The number of rotatable bonds is 2. The van der Waals surface area contributed by atoms with Crippen LogP contribution in [0.25, 0.3) is 0 Å². The minimum absolute atomic E-state index is 0.122. The Bertz CT molecular complexity index is 496. The number of aromatic nitrogens is 1. The van der Waals surface area contributed by atoms with E-state index in [1.807, 2.05) is 0 Å². The molecule has 0 aromatic carbocycles. The van der Waals surface area contributed by atoms with Crippen LogP contribution in [0, 0.1) is 6.92 Å². The first-order valence-electron chi connectivity index (χ1n) is 4.02. The molecule has 0 unspecified atom stereocenters. The molecule has 1 aromatic heterocycles. The monoisotopic (exact) mass is 255 g/mol. The first-order valence-corrected chi connectivity index (χ1v) is 5.91. The van der Waals surface area contributed by atoms with Crippen molar-refractivity contribution in [2.24, 2.45) is 0 Å². The third-order valence-corrected chi connectivity index (χ3v) is 2.86. The van der Waals surface area contributed by atoms with Crippen LogP contribution in [0.15, 0.2) is 17.2 Å². The number of halogens is 3. The minimum Gasteiger partial charge on any atom is -0.404 e. The summed E-state index contributed by atoms with van der Waals surface area (Å²) in [7, 11) is -3.62. The zero-order valence-corrected chi connectivity index (χ0v) is 9.19.